The molecule has 21 heavy (non-hydrogen) atoms. The molecule has 0 spiro atoms. The van der Waals surface area contributed by atoms with E-state index in [0.717, 1.165) is 23.6 Å². The van der Waals surface area contributed by atoms with E-state index in [1.165, 1.54) is 6.07 Å². The van der Waals surface area contributed by atoms with Crippen molar-refractivity contribution in [1.29, 1.82) is 0 Å². The summed E-state index contributed by atoms with van der Waals surface area (Å²) in [6.45, 7) is 0.541. The lowest BCUT2D eigenvalue weighted by Gasteiger charge is -2.22. The number of aromatic nitrogens is 1. The first-order valence-corrected chi connectivity index (χ1v) is 6.64. The molecule has 0 saturated carbocycles. The number of rotatable bonds is 0. The third-order valence-corrected chi connectivity index (χ3v) is 3.87. The number of hydrogen-bond acceptors (Lipinski definition) is 4. The zero-order valence-electron chi connectivity index (χ0n) is 11.0. The van der Waals surface area contributed by atoms with Gasteiger partial charge >= 0.3 is 5.63 Å². The average Bonchev–Trinajstić information content (AvgIpc) is 2.46. The number of aromatic hydroxyl groups is 1. The maximum atomic E-state index is 12.2. The molecular formula is C16H11NO4. The second-order valence-electron chi connectivity index (χ2n) is 5.08. The molecular weight excluding hydrogens is 270 g/mol. The van der Waals surface area contributed by atoms with Crippen molar-refractivity contribution in [3.63, 3.8) is 0 Å². The maximum absolute atomic E-state index is 12.2. The predicted molar refractivity (Wildman–Crippen MR) is 77.5 cm³/mol. The van der Waals surface area contributed by atoms with Gasteiger partial charge in [0.1, 0.15) is 11.3 Å². The van der Waals surface area contributed by atoms with Gasteiger partial charge in [-0.3, -0.25) is 4.79 Å². The number of pyridine rings is 1. The summed E-state index contributed by atoms with van der Waals surface area (Å²) < 4.78 is 6.69. The van der Waals surface area contributed by atoms with Crippen LogP contribution in [0, 0.1) is 0 Å². The van der Waals surface area contributed by atoms with Crippen LogP contribution >= 0.6 is 0 Å². The number of nitrogens with zero attached hydrogens (tertiary/aromatic N) is 1. The number of benzene rings is 1. The monoisotopic (exact) mass is 281 g/mol. The van der Waals surface area contributed by atoms with Gasteiger partial charge in [-0.05, 0) is 12.0 Å². The maximum Gasteiger partial charge on any atom is 0.339 e. The van der Waals surface area contributed by atoms with Crippen molar-refractivity contribution >= 4 is 11.0 Å². The summed E-state index contributed by atoms with van der Waals surface area (Å²) in [6, 6.07) is 10.0. The molecule has 0 unspecified atom stereocenters. The molecule has 0 saturated heterocycles. The zero-order valence-corrected chi connectivity index (χ0v) is 11.0. The largest absolute Gasteiger partial charge is 0.507 e. The lowest BCUT2D eigenvalue weighted by atomic mass is 9.95. The minimum absolute atomic E-state index is 0.118. The molecule has 1 aliphatic rings. The Morgan fingerprint density at radius 1 is 1.14 bits per heavy atom. The van der Waals surface area contributed by atoms with Gasteiger partial charge in [-0.15, -0.1) is 0 Å². The lowest BCUT2D eigenvalue weighted by molar-refractivity contribution is 0.467. The van der Waals surface area contributed by atoms with Crippen LogP contribution in [0.2, 0.25) is 0 Å². The summed E-state index contributed by atoms with van der Waals surface area (Å²) in [4.78, 5) is 23.6. The third-order valence-electron chi connectivity index (χ3n) is 3.87. The molecule has 5 heteroatoms. The van der Waals surface area contributed by atoms with E-state index in [9.17, 15) is 14.7 Å². The Labute approximate surface area is 118 Å². The first-order chi connectivity index (χ1) is 10.1. The van der Waals surface area contributed by atoms with Gasteiger partial charge in [0.2, 0.25) is 0 Å². The lowest BCUT2D eigenvalue weighted by Crippen LogP contribution is -2.26. The van der Waals surface area contributed by atoms with Crippen LogP contribution < -0.4 is 11.2 Å². The van der Waals surface area contributed by atoms with E-state index in [2.05, 4.69) is 0 Å². The highest BCUT2D eigenvalue weighted by Crippen LogP contribution is 2.36. The molecule has 104 valence electrons. The van der Waals surface area contributed by atoms with E-state index in [4.69, 9.17) is 4.42 Å². The van der Waals surface area contributed by atoms with Crippen LogP contribution in [0.3, 0.4) is 0 Å². The molecule has 1 N–H and O–H groups in total. The first-order valence-electron chi connectivity index (χ1n) is 6.64. The summed E-state index contributed by atoms with van der Waals surface area (Å²) in [5, 5.41) is 10.6. The smallest absolute Gasteiger partial charge is 0.339 e. The Balaban J connectivity index is 2.26. The van der Waals surface area contributed by atoms with Crippen molar-refractivity contribution in [3.8, 4) is 17.0 Å². The standard InChI is InChI=1S/C16H11NO4/c18-11-7-14(20)21-12-8-13(19)17-6-5-9-3-1-2-4-10(9)16(17)15(11)12/h1-4,7-8,18H,5-6H2. The second-order valence-corrected chi connectivity index (χ2v) is 5.08. The normalized spacial score (nSPS) is 13.0. The van der Waals surface area contributed by atoms with Gasteiger partial charge in [0, 0.05) is 18.2 Å². The van der Waals surface area contributed by atoms with Gasteiger partial charge in [-0.2, -0.15) is 0 Å². The summed E-state index contributed by atoms with van der Waals surface area (Å²) >= 11 is 0. The van der Waals surface area contributed by atoms with Gasteiger partial charge in [0.05, 0.1) is 17.1 Å². The molecule has 5 nitrogen and oxygen atoms in total. The highest BCUT2D eigenvalue weighted by atomic mass is 16.4. The molecule has 4 rings (SSSR count). The summed E-state index contributed by atoms with van der Waals surface area (Å²) in [7, 11) is 0. The molecule has 1 aromatic carbocycles. The topological polar surface area (TPSA) is 72.4 Å². The van der Waals surface area contributed by atoms with Gasteiger partial charge in [0.25, 0.3) is 5.56 Å². The third kappa shape index (κ3) is 1.64. The van der Waals surface area contributed by atoms with Crippen LogP contribution in [0.15, 0.2) is 50.4 Å². The molecule has 0 amide bonds. The van der Waals surface area contributed by atoms with Crippen molar-refractivity contribution in [3.05, 3.63) is 62.7 Å². The molecule has 2 aromatic heterocycles. The van der Waals surface area contributed by atoms with Gasteiger partial charge in [-0.1, -0.05) is 24.3 Å². The Kier molecular flexibility index (Phi) is 2.33. The second kappa shape index (κ2) is 4.09. The van der Waals surface area contributed by atoms with E-state index in [0.29, 0.717) is 17.6 Å². The van der Waals surface area contributed by atoms with Gasteiger partial charge in [0.15, 0.2) is 0 Å². The molecule has 1 aliphatic heterocycles. The minimum Gasteiger partial charge on any atom is -0.507 e. The van der Waals surface area contributed by atoms with E-state index in [-0.39, 0.29) is 16.9 Å². The zero-order chi connectivity index (χ0) is 14.6. The fourth-order valence-corrected chi connectivity index (χ4v) is 2.98. The van der Waals surface area contributed by atoms with Crippen LogP contribution in [-0.2, 0) is 13.0 Å². The van der Waals surface area contributed by atoms with E-state index in [1.54, 1.807) is 4.57 Å². The van der Waals surface area contributed by atoms with Crippen molar-refractivity contribution < 1.29 is 9.52 Å². The fraction of sp³-hybridized carbons (Fsp3) is 0.125. The highest BCUT2D eigenvalue weighted by molar-refractivity contribution is 5.96. The van der Waals surface area contributed by atoms with Crippen LogP contribution in [-0.4, -0.2) is 9.67 Å². The molecule has 0 radical (unpaired) electrons. The van der Waals surface area contributed by atoms with E-state index < -0.39 is 5.63 Å². The SMILES string of the molecule is O=c1cc(O)c2c3n(c(=O)cc2o1)CCc1ccccc1-3. The molecule has 0 bridgehead atoms. The fourth-order valence-electron chi connectivity index (χ4n) is 2.98. The van der Waals surface area contributed by atoms with Crippen LogP contribution in [0.25, 0.3) is 22.2 Å². The Morgan fingerprint density at radius 2 is 1.95 bits per heavy atom. The van der Waals surface area contributed by atoms with Crippen molar-refractivity contribution in [2.75, 3.05) is 0 Å². The molecule has 0 atom stereocenters. The number of hydrogen-bond donors (Lipinski definition) is 1. The van der Waals surface area contributed by atoms with Crippen molar-refractivity contribution in [2.24, 2.45) is 0 Å². The molecule has 3 aromatic rings. The Bertz CT molecular complexity index is 997. The quantitative estimate of drug-likeness (QED) is 0.683. The number of aryl methyl sites for hydroxylation is 1. The Hall–Kier alpha value is -2.82. The van der Waals surface area contributed by atoms with Crippen molar-refractivity contribution in [2.45, 2.75) is 13.0 Å². The van der Waals surface area contributed by atoms with Crippen molar-refractivity contribution in [1.82, 2.24) is 4.57 Å². The summed E-state index contributed by atoms with van der Waals surface area (Å²) in [6.07, 6.45) is 0.756. The van der Waals surface area contributed by atoms with Crippen LogP contribution in [0.1, 0.15) is 5.56 Å². The molecule has 0 fully saturated rings. The predicted octanol–water partition coefficient (Wildman–Crippen LogP) is 1.88. The van der Waals surface area contributed by atoms with Gasteiger partial charge in [-0.25, -0.2) is 4.79 Å². The highest BCUT2D eigenvalue weighted by Gasteiger charge is 2.22. The van der Waals surface area contributed by atoms with Crippen LogP contribution in [0.4, 0.5) is 0 Å². The van der Waals surface area contributed by atoms with E-state index in [1.807, 2.05) is 24.3 Å². The Morgan fingerprint density at radius 3 is 2.81 bits per heavy atom. The average molecular weight is 281 g/mol. The van der Waals surface area contributed by atoms with E-state index >= 15 is 0 Å². The molecule has 3 heterocycles. The first kappa shape index (κ1) is 12.0. The van der Waals surface area contributed by atoms with Gasteiger partial charge < -0.3 is 14.1 Å². The molecule has 0 aliphatic carbocycles. The van der Waals surface area contributed by atoms with Crippen LogP contribution in [0.5, 0.6) is 5.75 Å². The number of fused-ring (bicyclic) bond motifs is 5. The summed E-state index contributed by atoms with van der Waals surface area (Å²) in [5.74, 6) is -0.165. The minimum atomic E-state index is -0.673. The summed E-state index contributed by atoms with van der Waals surface area (Å²) in [5.41, 5.74) is 1.81.